The number of furan rings is 1. The minimum atomic E-state index is -3.81. The molecule has 0 saturated carbocycles. The fraction of sp³-hybridized carbons (Fsp3) is 0.0556. The molecule has 126 valence electrons. The van der Waals surface area contributed by atoms with E-state index in [9.17, 15) is 8.42 Å². The zero-order chi connectivity index (χ0) is 17.6. The molecule has 0 radical (unpaired) electrons. The van der Waals surface area contributed by atoms with Gasteiger partial charge in [0.2, 0.25) is 0 Å². The van der Waals surface area contributed by atoms with Crippen LogP contribution in [0.15, 0.2) is 75.0 Å². The van der Waals surface area contributed by atoms with Gasteiger partial charge in [-0.1, -0.05) is 17.7 Å². The normalized spacial score (nSPS) is 11.9. The van der Waals surface area contributed by atoms with Gasteiger partial charge in [-0.25, -0.2) is 17.4 Å². The van der Waals surface area contributed by atoms with Gasteiger partial charge in [0.15, 0.2) is 5.65 Å². The lowest BCUT2D eigenvalue weighted by molar-refractivity contribution is 0.568. The molecule has 0 atom stereocenters. The van der Waals surface area contributed by atoms with E-state index >= 15 is 0 Å². The molecule has 4 rings (SSSR count). The van der Waals surface area contributed by atoms with Crippen molar-refractivity contribution in [1.29, 1.82) is 0 Å². The monoisotopic (exact) mass is 416 g/mol. The molecule has 0 fully saturated rings. The van der Waals surface area contributed by atoms with Crippen LogP contribution in [0.2, 0.25) is 0 Å². The van der Waals surface area contributed by atoms with E-state index in [0.717, 1.165) is 15.4 Å². The Balaban J connectivity index is 2.05. The van der Waals surface area contributed by atoms with Crippen molar-refractivity contribution < 1.29 is 12.8 Å². The van der Waals surface area contributed by atoms with Crippen molar-refractivity contribution in [1.82, 2.24) is 8.96 Å². The SMILES string of the molecule is Cc1ccc(S(=O)(=O)n2c(-c3ccoc3)cc3cc(Br)cnc32)cc1. The molecule has 5 nitrogen and oxygen atoms in total. The Hall–Kier alpha value is -2.38. The highest BCUT2D eigenvalue weighted by molar-refractivity contribution is 9.10. The summed E-state index contributed by atoms with van der Waals surface area (Å²) < 4.78 is 33.8. The topological polar surface area (TPSA) is 65.1 Å². The van der Waals surface area contributed by atoms with Crippen molar-refractivity contribution in [3.63, 3.8) is 0 Å². The second kappa shape index (κ2) is 5.86. The number of benzene rings is 1. The van der Waals surface area contributed by atoms with E-state index in [0.29, 0.717) is 16.9 Å². The Morgan fingerprint density at radius 3 is 2.56 bits per heavy atom. The molecule has 7 heteroatoms. The second-order valence-corrected chi connectivity index (χ2v) is 8.39. The van der Waals surface area contributed by atoms with Crippen LogP contribution in [0.25, 0.3) is 22.3 Å². The minimum Gasteiger partial charge on any atom is -0.472 e. The standard InChI is InChI=1S/C18H13BrN2O3S/c1-12-2-4-16(5-3-12)25(22,23)21-17(13-6-7-24-11-13)9-14-8-15(19)10-20-18(14)21/h2-11H,1H3. The molecule has 0 bridgehead atoms. The number of pyridine rings is 1. The molecule has 0 aliphatic carbocycles. The van der Waals surface area contributed by atoms with Crippen molar-refractivity contribution >= 4 is 37.0 Å². The molecule has 4 aromatic rings. The highest BCUT2D eigenvalue weighted by atomic mass is 79.9. The summed E-state index contributed by atoms with van der Waals surface area (Å²) in [5.41, 5.74) is 2.55. The second-order valence-electron chi connectivity index (χ2n) is 5.69. The van der Waals surface area contributed by atoms with Crippen molar-refractivity contribution in [2.75, 3.05) is 0 Å². The first-order chi connectivity index (χ1) is 12.0. The van der Waals surface area contributed by atoms with Crippen LogP contribution in [0.3, 0.4) is 0 Å². The molecule has 0 unspecified atom stereocenters. The number of hydrogen-bond donors (Lipinski definition) is 0. The van der Waals surface area contributed by atoms with Crippen LogP contribution in [0.1, 0.15) is 5.56 Å². The first-order valence-corrected chi connectivity index (χ1v) is 9.72. The maximum atomic E-state index is 13.3. The lowest BCUT2D eigenvalue weighted by Crippen LogP contribution is -2.14. The highest BCUT2D eigenvalue weighted by Crippen LogP contribution is 2.32. The van der Waals surface area contributed by atoms with Gasteiger partial charge in [0.05, 0.1) is 23.1 Å². The quantitative estimate of drug-likeness (QED) is 0.489. The molecule has 3 aromatic heterocycles. The largest absolute Gasteiger partial charge is 0.472 e. The number of nitrogens with zero attached hydrogens (tertiary/aromatic N) is 2. The Morgan fingerprint density at radius 1 is 1.12 bits per heavy atom. The van der Waals surface area contributed by atoms with E-state index in [2.05, 4.69) is 20.9 Å². The van der Waals surface area contributed by atoms with Crippen molar-refractivity contribution in [3.8, 4) is 11.3 Å². The summed E-state index contributed by atoms with van der Waals surface area (Å²) in [5, 5.41) is 0.723. The van der Waals surface area contributed by atoms with Crippen LogP contribution >= 0.6 is 15.9 Å². The first kappa shape index (κ1) is 16.1. The number of aryl methyl sites for hydroxylation is 1. The van der Waals surface area contributed by atoms with Crippen molar-refractivity contribution in [2.45, 2.75) is 11.8 Å². The Kier molecular flexibility index (Phi) is 3.77. The zero-order valence-corrected chi connectivity index (χ0v) is 15.6. The molecule has 0 aliphatic heterocycles. The molecule has 0 spiro atoms. The van der Waals surface area contributed by atoms with E-state index in [1.807, 2.05) is 13.0 Å². The number of hydrogen-bond acceptors (Lipinski definition) is 4. The van der Waals surface area contributed by atoms with Gasteiger partial charge in [-0.15, -0.1) is 0 Å². The van der Waals surface area contributed by atoms with Gasteiger partial charge < -0.3 is 4.42 Å². The van der Waals surface area contributed by atoms with Crippen LogP contribution in [0.4, 0.5) is 0 Å². The Morgan fingerprint density at radius 2 is 1.88 bits per heavy atom. The summed E-state index contributed by atoms with van der Waals surface area (Å²) in [4.78, 5) is 4.54. The van der Waals surface area contributed by atoms with Crippen LogP contribution in [0.5, 0.6) is 0 Å². The Bertz CT molecular complexity index is 1160. The minimum absolute atomic E-state index is 0.213. The first-order valence-electron chi connectivity index (χ1n) is 7.48. The number of halogens is 1. The summed E-state index contributed by atoms with van der Waals surface area (Å²) in [6, 6.07) is 12.1. The Labute approximate surface area is 153 Å². The molecule has 0 N–H and O–H groups in total. The average molecular weight is 417 g/mol. The lowest BCUT2D eigenvalue weighted by Gasteiger charge is -2.11. The van der Waals surface area contributed by atoms with E-state index < -0.39 is 10.0 Å². The van der Waals surface area contributed by atoms with Crippen molar-refractivity contribution in [3.05, 3.63) is 71.2 Å². The number of fused-ring (bicyclic) bond motifs is 1. The predicted molar refractivity (Wildman–Crippen MR) is 98.9 cm³/mol. The molecule has 0 aliphatic rings. The van der Waals surface area contributed by atoms with Gasteiger partial charge in [-0.2, -0.15) is 0 Å². The molecule has 25 heavy (non-hydrogen) atoms. The van der Waals surface area contributed by atoms with Crippen LogP contribution < -0.4 is 0 Å². The third-order valence-corrected chi connectivity index (χ3v) is 6.09. The van der Waals surface area contributed by atoms with E-state index in [1.54, 1.807) is 42.6 Å². The lowest BCUT2D eigenvalue weighted by atomic mass is 10.2. The number of rotatable bonds is 3. The van der Waals surface area contributed by atoms with Crippen LogP contribution in [-0.2, 0) is 10.0 Å². The highest BCUT2D eigenvalue weighted by Gasteiger charge is 2.25. The van der Waals surface area contributed by atoms with Crippen LogP contribution in [-0.4, -0.2) is 17.4 Å². The predicted octanol–water partition coefficient (Wildman–Crippen LogP) is 4.60. The zero-order valence-electron chi connectivity index (χ0n) is 13.2. The maximum Gasteiger partial charge on any atom is 0.269 e. The molecule has 3 heterocycles. The van der Waals surface area contributed by atoms with Gasteiger partial charge in [0, 0.05) is 21.6 Å². The molecular formula is C18H13BrN2O3S. The summed E-state index contributed by atoms with van der Waals surface area (Å²) in [7, 11) is -3.81. The van der Waals surface area contributed by atoms with Crippen molar-refractivity contribution in [2.24, 2.45) is 0 Å². The summed E-state index contributed by atoms with van der Waals surface area (Å²) in [6.07, 6.45) is 4.62. The van der Waals surface area contributed by atoms with Gasteiger partial charge in [0.25, 0.3) is 10.0 Å². The van der Waals surface area contributed by atoms with E-state index in [-0.39, 0.29) is 4.90 Å². The molecule has 0 amide bonds. The third kappa shape index (κ3) is 2.69. The van der Waals surface area contributed by atoms with E-state index in [4.69, 9.17) is 4.42 Å². The fourth-order valence-electron chi connectivity index (χ4n) is 2.71. The van der Waals surface area contributed by atoms with Gasteiger partial charge >= 0.3 is 0 Å². The summed E-state index contributed by atoms with van der Waals surface area (Å²) in [5.74, 6) is 0. The van der Waals surface area contributed by atoms with Crippen LogP contribution in [0, 0.1) is 6.92 Å². The fourth-order valence-corrected chi connectivity index (χ4v) is 4.55. The summed E-state index contributed by atoms with van der Waals surface area (Å²) >= 11 is 3.38. The smallest absolute Gasteiger partial charge is 0.269 e. The van der Waals surface area contributed by atoms with Gasteiger partial charge in [-0.3, -0.25) is 0 Å². The molecule has 1 aromatic carbocycles. The summed E-state index contributed by atoms with van der Waals surface area (Å²) in [6.45, 7) is 1.91. The maximum absolute atomic E-state index is 13.3. The van der Waals surface area contributed by atoms with Gasteiger partial charge in [-0.05, 0) is 53.2 Å². The molecular weight excluding hydrogens is 404 g/mol. The van der Waals surface area contributed by atoms with Gasteiger partial charge in [0.1, 0.15) is 0 Å². The third-order valence-electron chi connectivity index (χ3n) is 3.94. The van der Waals surface area contributed by atoms with E-state index in [1.165, 1.54) is 16.5 Å². The molecule has 0 saturated heterocycles. The number of aromatic nitrogens is 2. The average Bonchev–Trinajstić information content (AvgIpc) is 3.22.